The monoisotopic (exact) mass is 458 g/mol. The largest absolute Gasteiger partial charge is 0.508 e. The molecule has 0 aliphatic carbocycles. The van der Waals surface area contributed by atoms with Gasteiger partial charge in [-0.3, -0.25) is 4.90 Å². The topological polar surface area (TPSA) is 26.7 Å². The number of thiophene rings is 1. The van der Waals surface area contributed by atoms with Gasteiger partial charge in [0.25, 0.3) is 0 Å². The summed E-state index contributed by atoms with van der Waals surface area (Å²) >= 11 is 1.84. The van der Waals surface area contributed by atoms with Crippen LogP contribution < -0.4 is 0 Å². The molecule has 0 spiro atoms. The second-order valence-electron chi connectivity index (χ2n) is 8.58. The summed E-state index contributed by atoms with van der Waals surface area (Å²) < 4.78 is 0. The zero-order valence-corrected chi connectivity index (χ0v) is 20.6. The molecule has 3 aromatic rings. The van der Waals surface area contributed by atoms with Crippen LogP contribution in [-0.4, -0.2) is 41.1 Å². The van der Waals surface area contributed by atoms with E-state index in [-0.39, 0.29) is 0 Å². The predicted molar refractivity (Wildman–Crippen MR) is 141 cm³/mol. The Morgan fingerprint density at radius 1 is 0.939 bits per heavy atom. The molecule has 1 aromatic heterocycles. The van der Waals surface area contributed by atoms with E-state index in [9.17, 15) is 5.11 Å². The van der Waals surface area contributed by atoms with Gasteiger partial charge < -0.3 is 10.0 Å². The maximum atomic E-state index is 10.2. The van der Waals surface area contributed by atoms with E-state index in [0.717, 1.165) is 62.4 Å². The smallest absolute Gasteiger partial charge is 0.116 e. The Balaban J connectivity index is 1.62. The van der Waals surface area contributed by atoms with Crippen LogP contribution in [-0.2, 0) is 6.54 Å². The minimum absolute atomic E-state index is 0.312. The number of benzene rings is 2. The normalized spacial score (nSPS) is 14.3. The van der Waals surface area contributed by atoms with Crippen molar-refractivity contribution in [3.63, 3.8) is 0 Å². The summed E-state index contributed by atoms with van der Waals surface area (Å²) in [5, 5.41) is 12.3. The van der Waals surface area contributed by atoms with E-state index in [2.05, 4.69) is 78.1 Å². The maximum Gasteiger partial charge on any atom is 0.116 e. The van der Waals surface area contributed by atoms with Gasteiger partial charge >= 0.3 is 0 Å². The minimum atomic E-state index is 0.312. The van der Waals surface area contributed by atoms with E-state index in [4.69, 9.17) is 0 Å². The number of phenolic OH excluding ortho intramolecular Hbond substituents is 1. The van der Waals surface area contributed by atoms with Crippen LogP contribution in [0, 0.1) is 0 Å². The van der Waals surface area contributed by atoms with Crippen LogP contribution in [0.3, 0.4) is 0 Å². The molecule has 1 N–H and O–H groups in total. The number of aromatic hydroxyl groups is 1. The first-order valence-corrected chi connectivity index (χ1v) is 12.8. The molecule has 1 fully saturated rings. The highest BCUT2D eigenvalue weighted by Gasteiger charge is 2.20. The molecule has 0 unspecified atom stereocenters. The predicted octanol–water partition coefficient (Wildman–Crippen LogP) is 6.86. The zero-order chi connectivity index (χ0) is 23.2. The van der Waals surface area contributed by atoms with Crippen molar-refractivity contribution in [2.45, 2.75) is 33.2 Å². The molecule has 0 radical (unpaired) electrons. The quantitative estimate of drug-likeness (QED) is 0.399. The Morgan fingerprint density at radius 2 is 1.64 bits per heavy atom. The number of nitrogens with zero attached hydrogens (tertiary/aromatic N) is 2. The number of likely N-dealkylation sites (tertiary alicyclic amines) is 1. The van der Waals surface area contributed by atoms with E-state index >= 15 is 0 Å². The molecule has 1 aliphatic heterocycles. The molecule has 0 bridgehead atoms. The number of phenols is 1. The van der Waals surface area contributed by atoms with Crippen molar-refractivity contribution in [2.24, 2.45) is 0 Å². The Morgan fingerprint density at radius 3 is 2.24 bits per heavy atom. The van der Waals surface area contributed by atoms with Gasteiger partial charge in [0.2, 0.25) is 0 Å². The third-order valence-corrected chi connectivity index (χ3v) is 7.42. The SMILES string of the molecule is C=C(c1ccc(C(=C2CCN(Cc3cccs3)CC2)c2cccc(O)c2)cc1)N(CC)CC. The van der Waals surface area contributed by atoms with Gasteiger partial charge in [-0.2, -0.15) is 0 Å². The third kappa shape index (κ3) is 5.58. The van der Waals surface area contributed by atoms with Crippen molar-refractivity contribution in [3.05, 3.63) is 99.8 Å². The van der Waals surface area contributed by atoms with Gasteiger partial charge in [0.1, 0.15) is 5.75 Å². The average Bonchev–Trinajstić information content (AvgIpc) is 3.35. The molecule has 4 rings (SSSR count). The second kappa shape index (κ2) is 10.9. The van der Waals surface area contributed by atoms with Gasteiger partial charge in [-0.15, -0.1) is 11.3 Å². The summed E-state index contributed by atoms with van der Waals surface area (Å²) in [5.41, 5.74) is 7.26. The Bertz CT molecular complexity index is 1080. The Hall–Kier alpha value is -2.82. The van der Waals surface area contributed by atoms with E-state index in [1.807, 2.05) is 23.5 Å². The van der Waals surface area contributed by atoms with Crippen LogP contribution in [0.4, 0.5) is 0 Å². The number of piperidine rings is 1. The molecular formula is C29H34N2OS. The second-order valence-corrected chi connectivity index (χ2v) is 9.61. The van der Waals surface area contributed by atoms with Gasteiger partial charge in [-0.1, -0.05) is 54.6 Å². The van der Waals surface area contributed by atoms with Crippen LogP contribution >= 0.6 is 11.3 Å². The van der Waals surface area contributed by atoms with Gasteiger partial charge in [0.05, 0.1) is 0 Å². The lowest BCUT2D eigenvalue weighted by Gasteiger charge is -2.30. The van der Waals surface area contributed by atoms with E-state index in [0.29, 0.717) is 5.75 Å². The lowest BCUT2D eigenvalue weighted by atomic mass is 9.88. The first kappa shape index (κ1) is 23.3. The molecule has 2 heterocycles. The fraction of sp³-hybridized carbons (Fsp3) is 0.310. The lowest BCUT2D eigenvalue weighted by molar-refractivity contribution is 0.251. The van der Waals surface area contributed by atoms with Crippen molar-refractivity contribution in [1.82, 2.24) is 9.80 Å². The molecule has 1 aliphatic rings. The summed E-state index contributed by atoms with van der Waals surface area (Å²) in [6.45, 7) is 13.7. The fourth-order valence-electron chi connectivity index (χ4n) is 4.71. The highest BCUT2D eigenvalue weighted by atomic mass is 32.1. The molecule has 33 heavy (non-hydrogen) atoms. The van der Waals surface area contributed by atoms with Crippen LogP contribution in [0.2, 0.25) is 0 Å². The molecule has 0 saturated carbocycles. The minimum Gasteiger partial charge on any atom is -0.508 e. The average molecular weight is 459 g/mol. The summed E-state index contributed by atoms with van der Waals surface area (Å²) in [5.74, 6) is 0.312. The van der Waals surface area contributed by atoms with E-state index in [1.54, 1.807) is 6.07 Å². The van der Waals surface area contributed by atoms with Crippen molar-refractivity contribution < 1.29 is 5.11 Å². The molecule has 1 saturated heterocycles. The number of hydrogen-bond acceptors (Lipinski definition) is 4. The molecule has 2 aromatic carbocycles. The highest BCUT2D eigenvalue weighted by molar-refractivity contribution is 7.09. The van der Waals surface area contributed by atoms with E-state index in [1.165, 1.54) is 21.6 Å². The van der Waals surface area contributed by atoms with Crippen LogP contribution in [0.1, 0.15) is 48.3 Å². The molecule has 4 heteroatoms. The highest BCUT2D eigenvalue weighted by Crippen LogP contribution is 2.34. The molecule has 0 amide bonds. The number of hydrogen-bond donors (Lipinski definition) is 1. The third-order valence-electron chi connectivity index (χ3n) is 6.56. The van der Waals surface area contributed by atoms with Crippen molar-refractivity contribution >= 4 is 22.6 Å². The standard InChI is InChI=1S/C29H34N2OS/c1-4-31(5-2)22(3)23-11-13-24(14-12-23)29(26-8-6-9-27(32)20-26)25-15-17-30(18-16-25)21-28-10-7-19-33-28/h6-14,19-20,32H,3-5,15-18,21H2,1-2H3. The van der Waals surface area contributed by atoms with Gasteiger partial charge in [0.15, 0.2) is 0 Å². The summed E-state index contributed by atoms with van der Waals surface area (Å²) in [4.78, 5) is 6.26. The first-order valence-electron chi connectivity index (χ1n) is 11.9. The number of rotatable bonds is 8. The van der Waals surface area contributed by atoms with E-state index < -0.39 is 0 Å². The van der Waals surface area contributed by atoms with Crippen molar-refractivity contribution in [1.29, 1.82) is 0 Å². The Kier molecular flexibility index (Phi) is 7.69. The van der Waals surface area contributed by atoms with Crippen LogP contribution in [0.15, 0.2) is 78.2 Å². The summed E-state index contributed by atoms with van der Waals surface area (Å²) in [7, 11) is 0. The molecular weight excluding hydrogens is 424 g/mol. The summed E-state index contributed by atoms with van der Waals surface area (Å²) in [6, 6.07) is 20.8. The van der Waals surface area contributed by atoms with Crippen molar-refractivity contribution in [2.75, 3.05) is 26.2 Å². The molecule has 3 nitrogen and oxygen atoms in total. The van der Waals surface area contributed by atoms with Gasteiger partial charge in [-0.25, -0.2) is 0 Å². The van der Waals surface area contributed by atoms with Gasteiger partial charge in [-0.05, 0) is 72.5 Å². The first-order chi connectivity index (χ1) is 16.1. The molecule has 0 atom stereocenters. The van der Waals surface area contributed by atoms with Crippen LogP contribution in [0.25, 0.3) is 11.3 Å². The van der Waals surface area contributed by atoms with Crippen molar-refractivity contribution in [3.8, 4) is 5.75 Å². The summed E-state index contributed by atoms with van der Waals surface area (Å²) in [6.07, 6.45) is 2.09. The van der Waals surface area contributed by atoms with Crippen LogP contribution in [0.5, 0.6) is 5.75 Å². The Labute approximate surface area is 202 Å². The fourth-order valence-corrected chi connectivity index (χ4v) is 5.45. The maximum absolute atomic E-state index is 10.2. The molecule has 172 valence electrons. The van der Waals surface area contributed by atoms with Gasteiger partial charge in [0, 0.05) is 43.3 Å². The lowest BCUT2D eigenvalue weighted by Crippen LogP contribution is -2.30. The zero-order valence-electron chi connectivity index (χ0n) is 19.8.